The third-order valence-electron chi connectivity index (χ3n) is 3.49. The van der Waals surface area contributed by atoms with Crippen LogP contribution in [0.5, 0.6) is 0 Å². The van der Waals surface area contributed by atoms with E-state index in [1.165, 1.54) is 0 Å². The van der Waals surface area contributed by atoms with Crippen LogP contribution in [0.3, 0.4) is 0 Å². The first-order chi connectivity index (χ1) is 5.46. The van der Waals surface area contributed by atoms with Gasteiger partial charge in [-0.1, -0.05) is 44.0 Å². The lowest BCUT2D eigenvalue weighted by Gasteiger charge is -2.12. The molecule has 3 rings (SSSR count). The van der Waals surface area contributed by atoms with Crippen molar-refractivity contribution in [3.63, 3.8) is 0 Å². The standard InChI is InChI=1S/C8H6Br2F2/c9-6-4-1-2-5(3-4)7(6,10)8(6,11)12/h1-2,4-5H,3H2/t4-,5+,6-,7+. The van der Waals surface area contributed by atoms with E-state index in [2.05, 4.69) is 31.9 Å². The molecular weight excluding hydrogens is 294 g/mol. The minimum absolute atomic E-state index is 0.0110. The van der Waals surface area contributed by atoms with Crippen molar-refractivity contribution in [3.05, 3.63) is 12.2 Å². The maximum absolute atomic E-state index is 13.4. The van der Waals surface area contributed by atoms with Crippen LogP contribution in [-0.4, -0.2) is 14.6 Å². The molecule has 0 amide bonds. The average molecular weight is 300 g/mol. The number of fused-ring (bicyclic) bond motifs is 5. The van der Waals surface area contributed by atoms with Crippen LogP contribution in [-0.2, 0) is 0 Å². The van der Waals surface area contributed by atoms with E-state index in [0.29, 0.717) is 0 Å². The summed E-state index contributed by atoms with van der Waals surface area (Å²) in [7, 11) is 0. The Hall–Kier alpha value is 0.560. The van der Waals surface area contributed by atoms with Crippen LogP contribution < -0.4 is 0 Å². The molecule has 0 N–H and O–H groups in total. The van der Waals surface area contributed by atoms with Gasteiger partial charge >= 0.3 is 0 Å². The van der Waals surface area contributed by atoms with Gasteiger partial charge in [-0.2, -0.15) is 0 Å². The van der Waals surface area contributed by atoms with Crippen molar-refractivity contribution in [2.75, 3.05) is 0 Å². The molecule has 0 unspecified atom stereocenters. The molecule has 0 aromatic heterocycles. The summed E-state index contributed by atoms with van der Waals surface area (Å²) < 4.78 is 24.9. The van der Waals surface area contributed by atoms with Gasteiger partial charge in [0.15, 0.2) is 0 Å². The average Bonchev–Trinajstić information content (AvgIpc) is 2.49. The molecule has 2 bridgehead atoms. The van der Waals surface area contributed by atoms with Crippen molar-refractivity contribution in [2.45, 2.75) is 21.0 Å². The lowest BCUT2D eigenvalue weighted by Crippen LogP contribution is -2.18. The van der Waals surface area contributed by atoms with Crippen LogP contribution in [0, 0.1) is 11.8 Å². The van der Waals surface area contributed by atoms with Gasteiger partial charge in [-0.3, -0.25) is 0 Å². The number of hydrogen-bond acceptors (Lipinski definition) is 0. The van der Waals surface area contributed by atoms with E-state index in [1.807, 2.05) is 12.2 Å². The fourth-order valence-electron chi connectivity index (χ4n) is 2.76. The van der Waals surface area contributed by atoms with Crippen LogP contribution in [0.15, 0.2) is 12.2 Å². The van der Waals surface area contributed by atoms with Gasteiger partial charge in [-0.15, -0.1) is 0 Å². The van der Waals surface area contributed by atoms with Crippen molar-refractivity contribution in [3.8, 4) is 0 Å². The summed E-state index contributed by atoms with van der Waals surface area (Å²) >= 11 is 6.41. The molecule has 2 saturated carbocycles. The highest BCUT2D eigenvalue weighted by Crippen LogP contribution is 2.84. The monoisotopic (exact) mass is 298 g/mol. The summed E-state index contributed by atoms with van der Waals surface area (Å²) in [6, 6.07) is 0. The predicted octanol–water partition coefficient (Wildman–Crippen LogP) is 3.11. The Morgan fingerprint density at radius 3 is 1.83 bits per heavy atom. The number of alkyl halides is 4. The molecule has 0 saturated heterocycles. The summed E-state index contributed by atoms with van der Waals surface area (Å²) in [5.41, 5.74) is 0. The van der Waals surface area contributed by atoms with E-state index in [1.54, 1.807) is 0 Å². The Morgan fingerprint density at radius 1 is 1.08 bits per heavy atom. The zero-order chi connectivity index (χ0) is 8.78. The Kier molecular flexibility index (Phi) is 1.12. The minimum atomic E-state index is -2.59. The topological polar surface area (TPSA) is 0 Å². The van der Waals surface area contributed by atoms with Crippen molar-refractivity contribution in [2.24, 2.45) is 11.8 Å². The first-order valence-corrected chi connectivity index (χ1v) is 5.49. The van der Waals surface area contributed by atoms with Gasteiger partial charge in [-0.05, 0) is 6.42 Å². The van der Waals surface area contributed by atoms with Crippen molar-refractivity contribution in [1.82, 2.24) is 0 Å². The number of allylic oxidation sites excluding steroid dienone is 2. The molecule has 4 atom stereocenters. The summed E-state index contributed by atoms with van der Waals surface area (Å²) in [6.07, 6.45) is 4.70. The van der Waals surface area contributed by atoms with E-state index in [-0.39, 0.29) is 11.8 Å². The quantitative estimate of drug-likeness (QED) is 0.476. The molecule has 3 aliphatic carbocycles. The van der Waals surface area contributed by atoms with Gasteiger partial charge in [0.2, 0.25) is 0 Å². The fraction of sp³-hybridized carbons (Fsp3) is 0.750. The lowest BCUT2D eigenvalue weighted by molar-refractivity contribution is 0.0756. The van der Waals surface area contributed by atoms with E-state index in [9.17, 15) is 8.78 Å². The molecule has 0 aromatic carbocycles. The van der Waals surface area contributed by atoms with E-state index < -0.39 is 14.6 Å². The van der Waals surface area contributed by atoms with Gasteiger partial charge in [-0.25, -0.2) is 8.78 Å². The summed E-state index contributed by atoms with van der Waals surface area (Å²) in [5.74, 6) is -2.56. The van der Waals surface area contributed by atoms with Gasteiger partial charge in [0, 0.05) is 11.8 Å². The second kappa shape index (κ2) is 1.70. The smallest absolute Gasteiger partial charge is 0.203 e. The normalized spacial score (nSPS) is 63.7. The zero-order valence-corrected chi connectivity index (χ0v) is 9.20. The van der Waals surface area contributed by atoms with Crippen molar-refractivity contribution in [1.29, 1.82) is 0 Å². The van der Waals surface area contributed by atoms with Crippen molar-refractivity contribution >= 4 is 31.9 Å². The third kappa shape index (κ3) is 0.445. The molecule has 3 aliphatic rings. The molecule has 0 aromatic rings. The molecule has 12 heavy (non-hydrogen) atoms. The second-order valence-corrected chi connectivity index (χ2v) is 6.33. The highest BCUT2D eigenvalue weighted by Gasteiger charge is 2.97. The second-order valence-electron chi connectivity index (χ2n) is 3.83. The van der Waals surface area contributed by atoms with E-state index >= 15 is 0 Å². The Labute approximate surface area is 85.7 Å². The highest BCUT2D eigenvalue weighted by molar-refractivity contribution is 9.13. The summed E-state index contributed by atoms with van der Waals surface area (Å²) in [6.45, 7) is 0. The summed E-state index contributed by atoms with van der Waals surface area (Å²) in [5, 5.41) is 0. The molecule has 0 spiro atoms. The molecular formula is C8H6Br2F2. The van der Waals surface area contributed by atoms with Crippen LogP contribution >= 0.6 is 31.9 Å². The molecule has 0 radical (unpaired) electrons. The predicted molar refractivity (Wildman–Crippen MR) is 49.0 cm³/mol. The lowest BCUT2D eigenvalue weighted by atomic mass is 10.1. The number of rotatable bonds is 0. The van der Waals surface area contributed by atoms with Crippen molar-refractivity contribution < 1.29 is 8.78 Å². The van der Waals surface area contributed by atoms with Gasteiger partial charge in [0.05, 0.1) is 0 Å². The van der Waals surface area contributed by atoms with Gasteiger partial charge in [0.25, 0.3) is 5.92 Å². The Morgan fingerprint density at radius 2 is 1.50 bits per heavy atom. The van der Waals surface area contributed by atoms with E-state index in [4.69, 9.17) is 0 Å². The molecule has 4 heteroatoms. The minimum Gasteiger partial charge on any atom is -0.203 e. The fourth-order valence-corrected chi connectivity index (χ4v) is 5.21. The molecule has 66 valence electrons. The zero-order valence-electron chi connectivity index (χ0n) is 6.03. The van der Waals surface area contributed by atoms with Gasteiger partial charge < -0.3 is 0 Å². The number of halogens is 4. The van der Waals surface area contributed by atoms with E-state index in [0.717, 1.165) is 6.42 Å². The first kappa shape index (κ1) is 7.92. The van der Waals surface area contributed by atoms with Crippen LogP contribution in [0.2, 0.25) is 0 Å². The number of hydrogen-bond donors (Lipinski definition) is 0. The molecule has 0 aliphatic heterocycles. The Bertz CT molecular complexity index is 275. The molecule has 0 heterocycles. The first-order valence-electron chi connectivity index (χ1n) is 3.90. The maximum atomic E-state index is 13.4. The largest absolute Gasteiger partial charge is 0.282 e. The van der Waals surface area contributed by atoms with Crippen LogP contribution in [0.25, 0.3) is 0 Å². The third-order valence-corrected chi connectivity index (χ3v) is 7.44. The Balaban J connectivity index is 2.19. The van der Waals surface area contributed by atoms with Gasteiger partial charge in [0.1, 0.15) is 8.65 Å². The molecule has 2 fully saturated rings. The highest BCUT2D eigenvalue weighted by atomic mass is 79.9. The van der Waals surface area contributed by atoms with Crippen LogP contribution in [0.4, 0.5) is 8.78 Å². The summed E-state index contributed by atoms with van der Waals surface area (Å²) in [4.78, 5) is 0. The molecule has 0 nitrogen and oxygen atoms in total. The SMILES string of the molecule is FC1(F)[C@]2(Br)[C@H]3C=C[C@H](C3)[C@]12Br. The van der Waals surface area contributed by atoms with Crippen LogP contribution in [0.1, 0.15) is 6.42 Å². The maximum Gasteiger partial charge on any atom is 0.282 e.